The molecule has 4 fully saturated rings. The first-order valence-electron chi connectivity index (χ1n) is 8.66. The van der Waals surface area contributed by atoms with E-state index in [0.29, 0.717) is 17.9 Å². The molecule has 2 bridgehead atoms. The monoisotopic (exact) mass is 294 g/mol. The number of esters is 1. The van der Waals surface area contributed by atoms with E-state index in [1.807, 2.05) is 13.8 Å². The summed E-state index contributed by atoms with van der Waals surface area (Å²) in [6, 6.07) is 0.366. The van der Waals surface area contributed by atoms with Crippen LogP contribution < -0.4 is 0 Å². The van der Waals surface area contributed by atoms with Gasteiger partial charge in [-0.1, -0.05) is 13.8 Å². The summed E-state index contributed by atoms with van der Waals surface area (Å²) in [5.41, 5.74) is 0. The molecule has 4 heterocycles. The molecular formula is C17H30N2O2. The highest BCUT2D eigenvalue weighted by Crippen LogP contribution is 2.44. The average Bonchev–Trinajstić information content (AvgIpc) is 2.79. The summed E-state index contributed by atoms with van der Waals surface area (Å²) in [7, 11) is 0. The highest BCUT2D eigenvalue weighted by molar-refractivity contribution is 5.77. The molecule has 0 N–H and O–H groups in total. The van der Waals surface area contributed by atoms with Gasteiger partial charge in [0, 0.05) is 19.1 Å². The average molecular weight is 294 g/mol. The zero-order chi connectivity index (χ0) is 15.1. The molecule has 4 saturated heterocycles. The minimum atomic E-state index is -0.0390. The van der Waals surface area contributed by atoms with Crippen molar-refractivity contribution in [2.24, 2.45) is 17.8 Å². The third-order valence-electron chi connectivity index (χ3n) is 5.40. The minimum absolute atomic E-state index is 0.00528. The van der Waals surface area contributed by atoms with Gasteiger partial charge >= 0.3 is 5.97 Å². The molecule has 0 amide bonds. The van der Waals surface area contributed by atoms with Gasteiger partial charge in [0.25, 0.3) is 0 Å². The summed E-state index contributed by atoms with van der Waals surface area (Å²) >= 11 is 0. The molecule has 4 heteroatoms. The lowest BCUT2D eigenvalue weighted by Crippen LogP contribution is -2.59. The van der Waals surface area contributed by atoms with Crippen molar-refractivity contribution in [2.75, 3.05) is 26.2 Å². The zero-order valence-electron chi connectivity index (χ0n) is 13.9. The number of carbonyl (C=O) groups is 1. The maximum atomic E-state index is 12.7. The van der Waals surface area contributed by atoms with E-state index in [4.69, 9.17) is 4.74 Å². The third kappa shape index (κ3) is 2.85. The molecule has 0 radical (unpaired) electrons. The van der Waals surface area contributed by atoms with Gasteiger partial charge in [-0.05, 0) is 57.5 Å². The Bertz CT molecular complexity index is 388. The normalized spacial score (nSPS) is 39.0. The van der Waals surface area contributed by atoms with Crippen molar-refractivity contribution >= 4 is 5.97 Å². The van der Waals surface area contributed by atoms with Crippen LogP contribution in [0.15, 0.2) is 0 Å². The topological polar surface area (TPSA) is 32.8 Å². The number of likely N-dealkylation sites (tertiary alicyclic amines) is 1. The summed E-state index contributed by atoms with van der Waals surface area (Å²) in [6.07, 6.45) is 2.62. The van der Waals surface area contributed by atoms with Gasteiger partial charge in [-0.3, -0.25) is 14.6 Å². The molecule has 120 valence electrons. The van der Waals surface area contributed by atoms with Crippen molar-refractivity contribution in [3.05, 3.63) is 0 Å². The maximum Gasteiger partial charge on any atom is 0.325 e. The van der Waals surface area contributed by atoms with Crippen LogP contribution in [0.25, 0.3) is 0 Å². The molecule has 0 aromatic carbocycles. The maximum absolute atomic E-state index is 12.7. The quantitative estimate of drug-likeness (QED) is 0.742. The van der Waals surface area contributed by atoms with Crippen LogP contribution in [0.5, 0.6) is 0 Å². The van der Waals surface area contributed by atoms with Crippen molar-refractivity contribution < 1.29 is 9.53 Å². The number of nitrogens with zero attached hydrogens (tertiary/aromatic N) is 2. The van der Waals surface area contributed by atoms with Gasteiger partial charge in [0.15, 0.2) is 0 Å². The summed E-state index contributed by atoms with van der Waals surface area (Å²) in [5.74, 6) is 2.10. The van der Waals surface area contributed by atoms with E-state index >= 15 is 0 Å². The predicted octanol–water partition coefficient (Wildman–Crippen LogP) is 1.99. The van der Waals surface area contributed by atoms with Crippen LogP contribution in [0.1, 0.15) is 40.5 Å². The van der Waals surface area contributed by atoms with Crippen LogP contribution in [0.3, 0.4) is 0 Å². The molecule has 4 rings (SSSR count). The molecule has 4 nitrogen and oxygen atoms in total. The summed E-state index contributed by atoms with van der Waals surface area (Å²) in [4.78, 5) is 17.7. The fraction of sp³-hybridized carbons (Fsp3) is 0.941. The van der Waals surface area contributed by atoms with Crippen molar-refractivity contribution in [1.82, 2.24) is 9.80 Å². The van der Waals surface area contributed by atoms with Crippen molar-refractivity contribution in [3.8, 4) is 0 Å². The Morgan fingerprint density at radius 1 is 1.19 bits per heavy atom. The van der Waals surface area contributed by atoms with E-state index in [2.05, 4.69) is 23.6 Å². The number of fused-ring (bicyclic) bond motifs is 2. The first-order valence-corrected chi connectivity index (χ1v) is 8.66. The molecule has 0 aromatic rings. The lowest BCUT2D eigenvalue weighted by atomic mass is 9.74. The second-order valence-electron chi connectivity index (χ2n) is 7.81. The second-order valence-corrected chi connectivity index (χ2v) is 7.81. The Kier molecular flexibility index (Phi) is 4.28. The van der Waals surface area contributed by atoms with E-state index in [1.54, 1.807) is 0 Å². The van der Waals surface area contributed by atoms with Crippen LogP contribution in [0.2, 0.25) is 0 Å². The van der Waals surface area contributed by atoms with Crippen LogP contribution in [0, 0.1) is 17.8 Å². The number of piperidine rings is 3. The molecule has 0 aromatic heterocycles. The number of ether oxygens (including phenoxy) is 1. The smallest absolute Gasteiger partial charge is 0.325 e. The van der Waals surface area contributed by atoms with Crippen LogP contribution in [-0.4, -0.2) is 60.1 Å². The van der Waals surface area contributed by atoms with Gasteiger partial charge in [-0.2, -0.15) is 0 Å². The standard InChI is InChI=1S/C17H30N2O2/c1-11(2)9-19-10-14-13-5-7-18(8-6-13)15(14)16(19)17(20)21-12(3)4/h11-16H,5-10H2,1-4H3. The molecular weight excluding hydrogens is 264 g/mol. The molecule has 3 unspecified atom stereocenters. The van der Waals surface area contributed by atoms with Crippen LogP contribution in [-0.2, 0) is 9.53 Å². The number of carbonyl (C=O) groups excluding carboxylic acids is 1. The van der Waals surface area contributed by atoms with E-state index in [0.717, 1.165) is 19.0 Å². The third-order valence-corrected chi connectivity index (χ3v) is 5.40. The fourth-order valence-electron chi connectivity index (χ4n) is 4.73. The van der Waals surface area contributed by atoms with E-state index in [-0.39, 0.29) is 18.1 Å². The lowest BCUT2D eigenvalue weighted by molar-refractivity contribution is -0.156. The highest BCUT2D eigenvalue weighted by Gasteiger charge is 2.55. The summed E-state index contributed by atoms with van der Waals surface area (Å²) in [5, 5.41) is 0. The van der Waals surface area contributed by atoms with Gasteiger partial charge in [0.05, 0.1) is 6.10 Å². The Morgan fingerprint density at radius 2 is 1.86 bits per heavy atom. The van der Waals surface area contributed by atoms with Crippen molar-refractivity contribution in [2.45, 2.75) is 58.7 Å². The first kappa shape index (κ1) is 15.3. The number of hydrogen-bond acceptors (Lipinski definition) is 4. The first-order chi connectivity index (χ1) is 9.97. The van der Waals surface area contributed by atoms with Gasteiger partial charge in [0.1, 0.15) is 6.04 Å². The van der Waals surface area contributed by atoms with Gasteiger partial charge < -0.3 is 4.74 Å². The number of rotatable bonds is 4. The molecule has 0 saturated carbocycles. The Balaban J connectivity index is 1.82. The lowest BCUT2D eigenvalue weighted by Gasteiger charge is -2.49. The SMILES string of the molecule is CC(C)CN1CC2C3CCN(CC3)C2C1C(=O)OC(C)C. The van der Waals surface area contributed by atoms with E-state index in [1.165, 1.54) is 25.9 Å². The molecule has 0 aliphatic carbocycles. The summed E-state index contributed by atoms with van der Waals surface area (Å²) in [6.45, 7) is 12.8. The predicted molar refractivity (Wildman–Crippen MR) is 83.0 cm³/mol. The van der Waals surface area contributed by atoms with Crippen LogP contribution >= 0.6 is 0 Å². The molecule has 21 heavy (non-hydrogen) atoms. The van der Waals surface area contributed by atoms with Gasteiger partial charge in [0.2, 0.25) is 0 Å². The Hall–Kier alpha value is -0.610. The number of hydrogen-bond donors (Lipinski definition) is 0. The Morgan fingerprint density at radius 3 is 2.43 bits per heavy atom. The molecule has 3 atom stereocenters. The Labute approximate surface area is 128 Å². The molecule has 4 aliphatic heterocycles. The molecule has 0 spiro atoms. The molecule has 4 aliphatic rings. The second kappa shape index (κ2) is 5.88. The zero-order valence-corrected chi connectivity index (χ0v) is 13.9. The minimum Gasteiger partial charge on any atom is -0.462 e. The van der Waals surface area contributed by atoms with Crippen LogP contribution in [0.4, 0.5) is 0 Å². The largest absolute Gasteiger partial charge is 0.462 e. The fourth-order valence-corrected chi connectivity index (χ4v) is 4.73. The highest BCUT2D eigenvalue weighted by atomic mass is 16.5. The van der Waals surface area contributed by atoms with E-state index in [9.17, 15) is 4.79 Å². The van der Waals surface area contributed by atoms with Crippen molar-refractivity contribution in [3.63, 3.8) is 0 Å². The van der Waals surface area contributed by atoms with E-state index < -0.39 is 0 Å². The van der Waals surface area contributed by atoms with Crippen molar-refractivity contribution in [1.29, 1.82) is 0 Å². The van der Waals surface area contributed by atoms with Gasteiger partial charge in [-0.15, -0.1) is 0 Å². The summed E-state index contributed by atoms with van der Waals surface area (Å²) < 4.78 is 5.60. The van der Waals surface area contributed by atoms with Gasteiger partial charge in [-0.25, -0.2) is 0 Å².